The van der Waals surface area contributed by atoms with Crippen molar-refractivity contribution in [1.29, 1.82) is 0 Å². The Kier molecular flexibility index (Phi) is 5.87. The number of phenols is 2. The van der Waals surface area contributed by atoms with Crippen LogP contribution in [0.15, 0.2) is 41.7 Å². The fourth-order valence-electron chi connectivity index (χ4n) is 2.62. The number of phenolic OH excluding ortho intramolecular Hbond substituents is 2. The van der Waals surface area contributed by atoms with Crippen LogP contribution in [0.2, 0.25) is 0 Å². The molecule has 0 bridgehead atoms. The first-order chi connectivity index (χ1) is 11.4. The number of allylic oxidation sites excluding steroid dienone is 2. The van der Waals surface area contributed by atoms with E-state index in [0.717, 1.165) is 11.1 Å². The molecule has 0 aromatic heterocycles. The summed E-state index contributed by atoms with van der Waals surface area (Å²) < 4.78 is 10.3. The zero-order chi connectivity index (χ0) is 17.7. The summed E-state index contributed by atoms with van der Waals surface area (Å²) in [5.41, 5.74) is 2.26. The molecule has 1 aromatic carbocycles. The Hall–Kier alpha value is -2.47. The van der Waals surface area contributed by atoms with Crippen LogP contribution in [0.5, 0.6) is 11.5 Å². The number of hydrogen-bond donors (Lipinski definition) is 3. The Bertz CT molecular complexity index is 661. The molecule has 0 saturated carbocycles. The zero-order valence-electron chi connectivity index (χ0n) is 13.7. The first-order valence-corrected chi connectivity index (χ1v) is 7.75. The van der Waals surface area contributed by atoms with Gasteiger partial charge in [-0.05, 0) is 37.1 Å². The molecule has 2 rings (SSSR count). The van der Waals surface area contributed by atoms with Crippen LogP contribution in [-0.2, 0) is 20.7 Å². The maximum atomic E-state index is 12.0. The summed E-state index contributed by atoms with van der Waals surface area (Å²) in [6, 6.07) is 4.48. The van der Waals surface area contributed by atoms with Gasteiger partial charge in [0.15, 0.2) is 11.5 Å². The highest BCUT2D eigenvalue weighted by Crippen LogP contribution is 2.31. The fraction of sp³-hybridized carbons (Fsp3) is 0.389. The van der Waals surface area contributed by atoms with E-state index in [9.17, 15) is 20.1 Å². The van der Waals surface area contributed by atoms with Gasteiger partial charge < -0.3 is 24.8 Å². The predicted molar refractivity (Wildman–Crippen MR) is 87.1 cm³/mol. The molecule has 0 aliphatic carbocycles. The van der Waals surface area contributed by atoms with E-state index >= 15 is 0 Å². The minimum atomic E-state index is -1.03. The van der Waals surface area contributed by atoms with E-state index in [1.807, 2.05) is 6.92 Å². The fourth-order valence-corrected chi connectivity index (χ4v) is 2.62. The number of ether oxygens (including phenoxy) is 2. The van der Waals surface area contributed by atoms with E-state index in [1.54, 1.807) is 19.1 Å². The van der Waals surface area contributed by atoms with Crippen LogP contribution in [0.1, 0.15) is 25.8 Å². The van der Waals surface area contributed by atoms with Gasteiger partial charge in [-0.1, -0.05) is 12.1 Å². The number of rotatable bonds is 5. The summed E-state index contributed by atoms with van der Waals surface area (Å²) in [5, 5.41) is 28.5. The van der Waals surface area contributed by atoms with Gasteiger partial charge in [0.05, 0.1) is 19.3 Å². The predicted octanol–water partition coefficient (Wildman–Crippen LogP) is 2.39. The van der Waals surface area contributed by atoms with E-state index in [1.165, 1.54) is 18.4 Å². The van der Waals surface area contributed by atoms with Crippen LogP contribution >= 0.6 is 0 Å². The maximum Gasteiger partial charge on any atom is 0.306 e. The molecule has 0 spiro atoms. The highest BCUT2D eigenvalue weighted by molar-refractivity contribution is 5.71. The van der Waals surface area contributed by atoms with E-state index in [4.69, 9.17) is 9.47 Å². The van der Waals surface area contributed by atoms with Crippen LogP contribution in [0.4, 0.5) is 0 Å². The molecule has 24 heavy (non-hydrogen) atoms. The van der Waals surface area contributed by atoms with Gasteiger partial charge in [-0.25, -0.2) is 0 Å². The lowest BCUT2D eigenvalue weighted by Gasteiger charge is -2.28. The molecule has 0 radical (unpaired) electrons. The van der Waals surface area contributed by atoms with Crippen LogP contribution < -0.4 is 0 Å². The van der Waals surface area contributed by atoms with E-state index in [0.29, 0.717) is 12.0 Å². The number of hydrogen-bond acceptors (Lipinski definition) is 6. The Morgan fingerprint density at radius 2 is 2.08 bits per heavy atom. The third-order valence-electron chi connectivity index (χ3n) is 4.02. The SMILES string of the molecule is C/C=C1\C(CC(=O)OCCc2ccc(O)c(O)c2)C(C)=CO[C@H]1O. The lowest BCUT2D eigenvalue weighted by molar-refractivity contribution is -0.144. The standard InChI is InChI=1S/C18H22O6/c1-3-13-14(11(2)10-24-18(13)22)9-17(21)23-7-6-12-4-5-15(19)16(20)8-12/h3-5,8,10,14,18-20,22H,6-7,9H2,1-2H3/b13-3+/t14?,18-/m1/s1. The average molecular weight is 334 g/mol. The van der Waals surface area contributed by atoms with Crippen LogP contribution in [0.25, 0.3) is 0 Å². The van der Waals surface area contributed by atoms with Gasteiger partial charge >= 0.3 is 5.97 Å². The van der Waals surface area contributed by atoms with E-state index < -0.39 is 6.29 Å². The molecule has 1 heterocycles. The topological polar surface area (TPSA) is 96.2 Å². The summed E-state index contributed by atoms with van der Waals surface area (Å²) in [6.45, 7) is 3.80. The van der Waals surface area contributed by atoms with Gasteiger partial charge in [0, 0.05) is 17.9 Å². The van der Waals surface area contributed by atoms with Gasteiger partial charge in [-0.2, -0.15) is 0 Å². The van der Waals surface area contributed by atoms with Crippen molar-refractivity contribution in [1.82, 2.24) is 0 Å². The van der Waals surface area contributed by atoms with Crippen molar-refractivity contribution in [2.75, 3.05) is 6.61 Å². The van der Waals surface area contributed by atoms with Gasteiger partial charge in [-0.15, -0.1) is 0 Å². The van der Waals surface area contributed by atoms with Crippen LogP contribution in [0.3, 0.4) is 0 Å². The molecule has 6 nitrogen and oxygen atoms in total. The number of esters is 1. The van der Waals surface area contributed by atoms with Crippen LogP contribution in [0, 0.1) is 5.92 Å². The number of aromatic hydroxyl groups is 2. The van der Waals surface area contributed by atoms with Crippen molar-refractivity contribution in [3.05, 3.63) is 47.2 Å². The third kappa shape index (κ3) is 4.29. The molecular formula is C18H22O6. The van der Waals surface area contributed by atoms with Crippen molar-refractivity contribution in [3.63, 3.8) is 0 Å². The van der Waals surface area contributed by atoms with Gasteiger partial charge in [0.1, 0.15) is 0 Å². The Balaban J connectivity index is 1.87. The molecule has 3 N–H and O–H groups in total. The molecule has 1 aliphatic heterocycles. The molecule has 2 atom stereocenters. The molecule has 6 heteroatoms. The second-order valence-electron chi connectivity index (χ2n) is 5.69. The van der Waals surface area contributed by atoms with Gasteiger partial charge in [-0.3, -0.25) is 4.79 Å². The largest absolute Gasteiger partial charge is 0.504 e. The molecule has 0 amide bonds. The minimum absolute atomic E-state index is 0.128. The molecule has 0 saturated heterocycles. The molecule has 1 aliphatic rings. The molecule has 1 unspecified atom stereocenters. The minimum Gasteiger partial charge on any atom is -0.504 e. The monoisotopic (exact) mass is 334 g/mol. The number of aliphatic hydroxyl groups excluding tert-OH is 1. The Morgan fingerprint density at radius 1 is 1.33 bits per heavy atom. The molecule has 130 valence electrons. The van der Waals surface area contributed by atoms with Gasteiger partial charge in [0.25, 0.3) is 0 Å². The highest BCUT2D eigenvalue weighted by Gasteiger charge is 2.29. The smallest absolute Gasteiger partial charge is 0.306 e. The normalized spacial score (nSPS) is 22.0. The summed E-state index contributed by atoms with van der Waals surface area (Å²) in [5.74, 6) is -0.989. The first kappa shape index (κ1) is 17.9. The van der Waals surface area contributed by atoms with Crippen molar-refractivity contribution in [2.45, 2.75) is 33.0 Å². The molecule has 1 aromatic rings. The number of benzene rings is 1. The van der Waals surface area contributed by atoms with Crippen LogP contribution in [-0.4, -0.2) is 34.2 Å². The summed E-state index contributed by atoms with van der Waals surface area (Å²) in [6.07, 6.45) is 2.74. The molecular weight excluding hydrogens is 312 g/mol. The maximum absolute atomic E-state index is 12.0. The second kappa shape index (κ2) is 7.88. The van der Waals surface area contributed by atoms with Crippen molar-refractivity contribution in [3.8, 4) is 11.5 Å². The van der Waals surface area contributed by atoms with Crippen molar-refractivity contribution in [2.24, 2.45) is 5.92 Å². The number of aliphatic hydroxyl groups is 1. The highest BCUT2D eigenvalue weighted by atomic mass is 16.6. The number of carbonyl (C=O) groups excluding carboxylic acids is 1. The summed E-state index contributed by atoms with van der Waals surface area (Å²) in [4.78, 5) is 12.0. The number of carbonyl (C=O) groups is 1. The Labute approximate surface area is 140 Å². The lowest BCUT2D eigenvalue weighted by atomic mass is 9.87. The lowest BCUT2D eigenvalue weighted by Crippen LogP contribution is -2.27. The first-order valence-electron chi connectivity index (χ1n) is 7.75. The Morgan fingerprint density at radius 3 is 2.75 bits per heavy atom. The summed E-state index contributed by atoms with van der Waals surface area (Å²) in [7, 11) is 0. The van der Waals surface area contributed by atoms with Crippen molar-refractivity contribution < 1.29 is 29.6 Å². The molecule has 0 fully saturated rings. The van der Waals surface area contributed by atoms with Crippen molar-refractivity contribution >= 4 is 5.97 Å². The quantitative estimate of drug-likeness (QED) is 0.435. The second-order valence-corrected chi connectivity index (χ2v) is 5.69. The third-order valence-corrected chi connectivity index (χ3v) is 4.02. The average Bonchev–Trinajstić information content (AvgIpc) is 2.54. The zero-order valence-corrected chi connectivity index (χ0v) is 13.7. The van der Waals surface area contributed by atoms with E-state index in [-0.39, 0.29) is 36.4 Å². The van der Waals surface area contributed by atoms with Gasteiger partial charge in [0.2, 0.25) is 6.29 Å². The van der Waals surface area contributed by atoms with E-state index in [2.05, 4.69) is 0 Å². The summed E-state index contributed by atoms with van der Waals surface area (Å²) >= 11 is 0.